The van der Waals surface area contributed by atoms with Gasteiger partial charge in [-0.25, -0.2) is 0 Å². The number of hydrogen-bond acceptors (Lipinski definition) is 4. The highest BCUT2D eigenvalue weighted by atomic mass is 32.1. The standard InChI is InChI=1S/C26H20N4OS/c31-25(10-17-4-2-1-3-5-17)30-9-8-19-11-18(6-7-24(19)30)23-16-32-26-21(14-27-15-22(23)26)20-12-28-29-13-20/h1-7,11-16H,8-10H2,(H,28,29). The second-order valence-electron chi connectivity index (χ2n) is 8.00. The third kappa shape index (κ3) is 3.20. The molecule has 1 aliphatic heterocycles. The van der Waals surface area contributed by atoms with Gasteiger partial charge in [-0.3, -0.25) is 14.9 Å². The Hall–Kier alpha value is -3.77. The molecule has 0 saturated carbocycles. The molecule has 1 aliphatic rings. The number of thiophene rings is 1. The molecule has 5 aromatic rings. The molecule has 4 heterocycles. The first-order chi connectivity index (χ1) is 15.8. The van der Waals surface area contributed by atoms with Crippen molar-refractivity contribution in [3.05, 3.63) is 89.8 Å². The fraction of sp³-hybridized carbons (Fsp3) is 0.115. The van der Waals surface area contributed by atoms with Gasteiger partial charge in [0.25, 0.3) is 0 Å². The van der Waals surface area contributed by atoms with Crippen molar-refractivity contribution >= 4 is 33.0 Å². The summed E-state index contributed by atoms with van der Waals surface area (Å²) in [5.74, 6) is 0.151. The molecular weight excluding hydrogens is 416 g/mol. The summed E-state index contributed by atoms with van der Waals surface area (Å²) in [7, 11) is 0. The number of fused-ring (bicyclic) bond motifs is 2. The number of rotatable bonds is 4. The van der Waals surface area contributed by atoms with Crippen LogP contribution in [0.5, 0.6) is 0 Å². The van der Waals surface area contributed by atoms with Crippen LogP contribution in [0.3, 0.4) is 0 Å². The van der Waals surface area contributed by atoms with Crippen LogP contribution in [0.25, 0.3) is 32.3 Å². The SMILES string of the molecule is O=C(Cc1ccccc1)N1CCc2cc(-c3csc4c(-c5cn[nH]c5)cncc34)ccc21. The lowest BCUT2D eigenvalue weighted by Crippen LogP contribution is -2.30. The Morgan fingerprint density at radius 3 is 2.78 bits per heavy atom. The van der Waals surface area contributed by atoms with Crippen molar-refractivity contribution in [3.8, 4) is 22.3 Å². The molecule has 0 radical (unpaired) electrons. The van der Waals surface area contributed by atoms with Crippen LogP contribution in [0.1, 0.15) is 11.1 Å². The highest BCUT2D eigenvalue weighted by molar-refractivity contribution is 7.18. The van der Waals surface area contributed by atoms with E-state index in [-0.39, 0.29) is 5.91 Å². The number of benzene rings is 2. The number of amides is 1. The zero-order valence-corrected chi connectivity index (χ0v) is 18.1. The first kappa shape index (κ1) is 19.0. The van der Waals surface area contributed by atoms with Gasteiger partial charge < -0.3 is 4.90 Å². The lowest BCUT2D eigenvalue weighted by atomic mass is 10.0. The molecule has 1 amide bonds. The average Bonchev–Trinajstić information content (AvgIpc) is 3.58. The summed E-state index contributed by atoms with van der Waals surface area (Å²) in [4.78, 5) is 19.3. The Balaban J connectivity index is 1.32. The first-order valence-electron chi connectivity index (χ1n) is 10.6. The molecule has 156 valence electrons. The van der Waals surface area contributed by atoms with Crippen molar-refractivity contribution in [2.45, 2.75) is 12.8 Å². The van der Waals surface area contributed by atoms with Crippen LogP contribution in [0.2, 0.25) is 0 Å². The Kier molecular flexibility index (Phi) is 4.58. The summed E-state index contributed by atoms with van der Waals surface area (Å²) in [5.41, 5.74) is 7.78. The number of aromatic amines is 1. The van der Waals surface area contributed by atoms with E-state index >= 15 is 0 Å². The van der Waals surface area contributed by atoms with Gasteiger partial charge in [0.05, 0.1) is 12.6 Å². The number of nitrogens with one attached hydrogen (secondary N) is 1. The van der Waals surface area contributed by atoms with Crippen LogP contribution in [-0.4, -0.2) is 27.6 Å². The maximum atomic E-state index is 12.9. The molecule has 6 rings (SSSR count). The number of nitrogens with zero attached hydrogens (tertiary/aromatic N) is 3. The van der Waals surface area contributed by atoms with Crippen LogP contribution in [0, 0.1) is 0 Å². The first-order valence-corrected chi connectivity index (χ1v) is 11.5. The van der Waals surface area contributed by atoms with Gasteiger partial charge in [-0.05, 0) is 40.6 Å². The number of aromatic nitrogens is 3. The number of H-pyrrole nitrogens is 1. The second kappa shape index (κ2) is 7.73. The molecule has 6 heteroatoms. The highest BCUT2D eigenvalue weighted by Crippen LogP contribution is 2.40. The van der Waals surface area contributed by atoms with E-state index in [0.29, 0.717) is 6.42 Å². The van der Waals surface area contributed by atoms with Crippen molar-refractivity contribution in [1.82, 2.24) is 15.2 Å². The molecule has 5 nitrogen and oxygen atoms in total. The van der Waals surface area contributed by atoms with Crippen molar-refractivity contribution in [3.63, 3.8) is 0 Å². The smallest absolute Gasteiger partial charge is 0.231 e. The van der Waals surface area contributed by atoms with Gasteiger partial charge in [-0.2, -0.15) is 5.10 Å². The van der Waals surface area contributed by atoms with Gasteiger partial charge in [0, 0.05) is 57.6 Å². The zero-order valence-electron chi connectivity index (χ0n) is 17.3. The van der Waals surface area contributed by atoms with E-state index in [1.54, 1.807) is 11.3 Å². The summed E-state index contributed by atoms with van der Waals surface area (Å²) in [6, 6.07) is 16.4. The van der Waals surface area contributed by atoms with Gasteiger partial charge in [0.15, 0.2) is 0 Å². The minimum absolute atomic E-state index is 0.151. The van der Waals surface area contributed by atoms with Gasteiger partial charge in [0.2, 0.25) is 5.91 Å². The van der Waals surface area contributed by atoms with Crippen LogP contribution in [-0.2, 0) is 17.6 Å². The van der Waals surface area contributed by atoms with E-state index in [9.17, 15) is 4.79 Å². The molecule has 2 aromatic carbocycles. The van der Waals surface area contributed by atoms with Crippen molar-refractivity contribution in [1.29, 1.82) is 0 Å². The Bertz CT molecular complexity index is 1420. The number of pyridine rings is 1. The predicted octanol–water partition coefficient (Wildman–Crippen LogP) is 5.49. The Morgan fingerprint density at radius 1 is 1.03 bits per heavy atom. The molecular formula is C26H20N4OS. The van der Waals surface area contributed by atoms with E-state index in [0.717, 1.165) is 40.7 Å². The molecule has 0 saturated heterocycles. The van der Waals surface area contributed by atoms with Gasteiger partial charge in [0.1, 0.15) is 0 Å². The maximum Gasteiger partial charge on any atom is 0.231 e. The normalized spacial score (nSPS) is 12.9. The number of carbonyl (C=O) groups is 1. The van der Waals surface area contributed by atoms with Crippen LogP contribution < -0.4 is 4.90 Å². The van der Waals surface area contributed by atoms with Crippen molar-refractivity contribution in [2.75, 3.05) is 11.4 Å². The molecule has 0 spiro atoms. The van der Waals surface area contributed by atoms with Crippen LogP contribution in [0.4, 0.5) is 5.69 Å². The van der Waals surface area contributed by atoms with E-state index in [1.165, 1.54) is 21.4 Å². The zero-order chi connectivity index (χ0) is 21.5. The quantitative estimate of drug-likeness (QED) is 0.405. The number of anilines is 1. The van der Waals surface area contributed by atoms with Crippen molar-refractivity contribution < 1.29 is 4.79 Å². The monoisotopic (exact) mass is 436 g/mol. The van der Waals surface area contributed by atoms with Gasteiger partial charge in [-0.15, -0.1) is 11.3 Å². The summed E-state index contributed by atoms with van der Waals surface area (Å²) in [6.07, 6.45) is 8.86. The number of carbonyl (C=O) groups excluding carboxylic acids is 1. The molecule has 0 fully saturated rings. The molecule has 0 bridgehead atoms. The summed E-state index contributed by atoms with van der Waals surface area (Å²) >= 11 is 1.73. The molecule has 32 heavy (non-hydrogen) atoms. The third-order valence-electron chi connectivity index (χ3n) is 6.08. The van der Waals surface area contributed by atoms with E-state index in [4.69, 9.17) is 0 Å². The second-order valence-corrected chi connectivity index (χ2v) is 8.88. The largest absolute Gasteiger partial charge is 0.312 e. The number of hydrogen-bond donors (Lipinski definition) is 1. The molecule has 0 unspecified atom stereocenters. The van der Waals surface area contributed by atoms with E-state index < -0.39 is 0 Å². The van der Waals surface area contributed by atoms with Crippen molar-refractivity contribution in [2.24, 2.45) is 0 Å². The molecule has 1 N–H and O–H groups in total. The van der Waals surface area contributed by atoms with E-state index in [2.05, 4.69) is 38.8 Å². The molecule has 0 aliphatic carbocycles. The Morgan fingerprint density at radius 2 is 1.94 bits per heavy atom. The predicted molar refractivity (Wildman–Crippen MR) is 129 cm³/mol. The van der Waals surface area contributed by atoms with E-state index in [1.807, 2.05) is 60.0 Å². The van der Waals surface area contributed by atoms with Gasteiger partial charge in [-0.1, -0.05) is 36.4 Å². The van der Waals surface area contributed by atoms with Crippen LogP contribution >= 0.6 is 11.3 Å². The third-order valence-corrected chi connectivity index (χ3v) is 7.10. The fourth-order valence-electron chi connectivity index (χ4n) is 4.47. The summed E-state index contributed by atoms with van der Waals surface area (Å²) in [5, 5.41) is 10.3. The minimum atomic E-state index is 0.151. The lowest BCUT2D eigenvalue weighted by Gasteiger charge is -2.17. The summed E-state index contributed by atoms with van der Waals surface area (Å²) < 4.78 is 1.21. The average molecular weight is 437 g/mol. The maximum absolute atomic E-state index is 12.9. The molecule has 0 atom stereocenters. The molecule has 3 aromatic heterocycles. The van der Waals surface area contributed by atoms with Crippen LogP contribution in [0.15, 0.2) is 78.7 Å². The topological polar surface area (TPSA) is 61.9 Å². The highest BCUT2D eigenvalue weighted by Gasteiger charge is 2.25. The minimum Gasteiger partial charge on any atom is -0.312 e. The lowest BCUT2D eigenvalue weighted by molar-refractivity contribution is -0.117. The summed E-state index contributed by atoms with van der Waals surface area (Å²) in [6.45, 7) is 0.737. The van der Waals surface area contributed by atoms with Gasteiger partial charge >= 0.3 is 0 Å². The Labute approximate surface area is 189 Å². The fourth-order valence-corrected chi connectivity index (χ4v) is 5.56.